The second kappa shape index (κ2) is 6.38. The molecule has 0 aromatic heterocycles. The monoisotopic (exact) mass is 302 g/mol. The maximum Gasteiger partial charge on any atom is 0.228 e. The number of hydrogen-bond donors (Lipinski definition) is 1. The van der Waals surface area contributed by atoms with Crippen molar-refractivity contribution in [3.63, 3.8) is 0 Å². The molecule has 0 spiro atoms. The lowest BCUT2D eigenvalue weighted by Crippen LogP contribution is -2.16. The summed E-state index contributed by atoms with van der Waals surface area (Å²) in [6, 6.07) is 11.3. The Balaban J connectivity index is 2.18. The van der Waals surface area contributed by atoms with Gasteiger partial charge in [0.25, 0.3) is 0 Å². The van der Waals surface area contributed by atoms with Crippen molar-refractivity contribution in [1.29, 1.82) is 5.26 Å². The van der Waals surface area contributed by atoms with Crippen LogP contribution in [0.5, 0.6) is 0 Å². The molecule has 0 heterocycles. The minimum absolute atomic E-state index is 0.158. The van der Waals surface area contributed by atoms with Crippen LogP contribution < -0.4 is 5.32 Å². The molecule has 0 aliphatic rings. The summed E-state index contributed by atoms with van der Waals surface area (Å²) in [4.78, 5) is 12.0. The molecule has 5 heteroatoms. The predicted molar refractivity (Wildman–Crippen MR) is 79.6 cm³/mol. The maximum absolute atomic E-state index is 13.6. The van der Waals surface area contributed by atoms with Crippen molar-refractivity contribution in [3.05, 3.63) is 63.9 Å². The van der Waals surface area contributed by atoms with Crippen LogP contribution in [-0.2, 0) is 11.2 Å². The minimum atomic E-state index is -0.514. The average molecular weight is 303 g/mol. The number of aryl methyl sites for hydroxylation is 1. The van der Waals surface area contributed by atoms with Gasteiger partial charge in [0, 0.05) is 16.3 Å². The molecule has 0 saturated carbocycles. The number of nitrogens with one attached hydrogen (secondary N) is 1. The van der Waals surface area contributed by atoms with E-state index in [9.17, 15) is 9.18 Å². The van der Waals surface area contributed by atoms with Crippen LogP contribution >= 0.6 is 11.6 Å². The van der Waals surface area contributed by atoms with Crippen molar-refractivity contribution >= 4 is 23.2 Å². The van der Waals surface area contributed by atoms with Crippen molar-refractivity contribution in [2.45, 2.75) is 13.3 Å². The molecule has 2 aromatic rings. The molecule has 21 heavy (non-hydrogen) atoms. The number of halogens is 2. The van der Waals surface area contributed by atoms with Gasteiger partial charge in [-0.3, -0.25) is 4.79 Å². The second-order valence-electron chi connectivity index (χ2n) is 4.57. The molecule has 0 aliphatic heterocycles. The maximum atomic E-state index is 13.6. The van der Waals surface area contributed by atoms with E-state index >= 15 is 0 Å². The summed E-state index contributed by atoms with van der Waals surface area (Å²) in [7, 11) is 0. The molecular weight excluding hydrogens is 291 g/mol. The number of rotatable bonds is 3. The molecule has 3 nitrogen and oxygen atoms in total. The van der Waals surface area contributed by atoms with Crippen LogP contribution in [0.4, 0.5) is 10.1 Å². The first-order valence-corrected chi connectivity index (χ1v) is 6.62. The Hall–Kier alpha value is -2.38. The van der Waals surface area contributed by atoms with Gasteiger partial charge in [0.1, 0.15) is 5.82 Å². The van der Waals surface area contributed by atoms with Crippen LogP contribution in [0.2, 0.25) is 5.02 Å². The minimum Gasteiger partial charge on any atom is -0.326 e. The van der Waals surface area contributed by atoms with Gasteiger partial charge in [0.15, 0.2) is 0 Å². The van der Waals surface area contributed by atoms with Gasteiger partial charge in [0.05, 0.1) is 18.1 Å². The van der Waals surface area contributed by atoms with Crippen LogP contribution in [0.3, 0.4) is 0 Å². The molecule has 0 bridgehead atoms. The predicted octanol–water partition coefficient (Wildman–Crippen LogP) is 3.84. The van der Waals surface area contributed by atoms with E-state index in [0.717, 1.165) is 5.56 Å². The Morgan fingerprint density at radius 2 is 2.14 bits per heavy atom. The van der Waals surface area contributed by atoms with E-state index in [1.807, 2.05) is 13.0 Å². The molecular formula is C16H12ClFN2O. The van der Waals surface area contributed by atoms with Crippen LogP contribution in [0.1, 0.15) is 16.7 Å². The first kappa shape index (κ1) is 15.0. The fraction of sp³-hybridized carbons (Fsp3) is 0.125. The summed E-state index contributed by atoms with van der Waals surface area (Å²) in [5.74, 6) is -0.902. The highest BCUT2D eigenvalue weighted by atomic mass is 35.5. The van der Waals surface area contributed by atoms with E-state index in [4.69, 9.17) is 16.9 Å². The molecule has 0 atom stereocenters. The Morgan fingerprint density at radius 1 is 1.38 bits per heavy atom. The van der Waals surface area contributed by atoms with Crippen molar-refractivity contribution in [2.24, 2.45) is 0 Å². The topological polar surface area (TPSA) is 52.9 Å². The SMILES string of the molecule is Cc1ccc(C#N)cc1NC(=O)Cc1c(F)cccc1Cl. The largest absolute Gasteiger partial charge is 0.326 e. The number of benzene rings is 2. The van der Waals surface area contributed by atoms with E-state index in [1.165, 1.54) is 18.2 Å². The van der Waals surface area contributed by atoms with E-state index in [2.05, 4.69) is 5.32 Å². The normalized spacial score (nSPS) is 10.0. The number of carbonyl (C=O) groups is 1. The van der Waals surface area contributed by atoms with E-state index in [-0.39, 0.29) is 22.9 Å². The summed E-state index contributed by atoms with van der Waals surface area (Å²) in [6.07, 6.45) is -0.165. The van der Waals surface area contributed by atoms with Gasteiger partial charge in [0.2, 0.25) is 5.91 Å². The molecule has 1 amide bonds. The highest BCUT2D eigenvalue weighted by Crippen LogP contribution is 2.21. The third-order valence-corrected chi connectivity index (χ3v) is 3.39. The standard InChI is InChI=1S/C16H12ClFN2O/c1-10-5-6-11(9-19)7-15(10)20-16(21)8-12-13(17)3-2-4-14(12)18/h2-7H,8H2,1H3,(H,20,21). The van der Waals surface area contributed by atoms with E-state index in [1.54, 1.807) is 18.2 Å². The number of carbonyl (C=O) groups excluding carboxylic acids is 1. The van der Waals surface area contributed by atoms with Gasteiger partial charge in [-0.15, -0.1) is 0 Å². The lowest BCUT2D eigenvalue weighted by atomic mass is 10.1. The summed E-state index contributed by atoms with van der Waals surface area (Å²) >= 11 is 5.89. The van der Waals surface area contributed by atoms with Crippen molar-refractivity contribution in [2.75, 3.05) is 5.32 Å². The summed E-state index contributed by atoms with van der Waals surface area (Å²) in [5.41, 5.74) is 1.96. The quantitative estimate of drug-likeness (QED) is 0.936. The highest BCUT2D eigenvalue weighted by Gasteiger charge is 2.13. The van der Waals surface area contributed by atoms with Gasteiger partial charge in [-0.05, 0) is 36.8 Å². The van der Waals surface area contributed by atoms with Crippen LogP contribution in [0, 0.1) is 24.1 Å². The van der Waals surface area contributed by atoms with Gasteiger partial charge < -0.3 is 5.32 Å². The first-order valence-electron chi connectivity index (χ1n) is 6.24. The number of amides is 1. The average Bonchev–Trinajstić information content (AvgIpc) is 2.45. The Morgan fingerprint density at radius 3 is 2.81 bits per heavy atom. The molecule has 1 N–H and O–H groups in total. The molecule has 0 fully saturated rings. The van der Waals surface area contributed by atoms with E-state index in [0.29, 0.717) is 11.3 Å². The van der Waals surface area contributed by atoms with Gasteiger partial charge in [-0.1, -0.05) is 23.7 Å². The van der Waals surface area contributed by atoms with Crippen molar-refractivity contribution in [3.8, 4) is 6.07 Å². The van der Waals surface area contributed by atoms with Crippen LogP contribution in [-0.4, -0.2) is 5.91 Å². The zero-order valence-corrected chi connectivity index (χ0v) is 12.0. The van der Waals surface area contributed by atoms with Crippen molar-refractivity contribution in [1.82, 2.24) is 0 Å². The Labute approximate surface area is 127 Å². The molecule has 0 saturated heterocycles. The zero-order chi connectivity index (χ0) is 15.4. The fourth-order valence-electron chi connectivity index (χ4n) is 1.88. The number of hydrogen-bond acceptors (Lipinski definition) is 2. The first-order chi connectivity index (χ1) is 10.0. The lowest BCUT2D eigenvalue weighted by Gasteiger charge is -2.10. The third kappa shape index (κ3) is 3.59. The summed E-state index contributed by atoms with van der Waals surface area (Å²) in [5, 5.41) is 11.8. The zero-order valence-electron chi connectivity index (χ0n) is 11.3. The van der Waals surface area contributed by atoms with Crippen LogP contribution in [0.15, 0.2) is 36.4 Å². The van der Waals surface area contributed by atoms with E-state index < -0.39 is 5.82 Å². The summed E-state index contributed by atoms with van der Waals surface area (Å²) in [6.45, 7) is 1.81. The smallest absolute Gasteiger partial charge is 0.228 e. The van der Waals surface area contributed by atoms with Gasteiger partial charge in [-0.2, -0.15) is 5.26 Å². The lowest BCUT2D eigenvalue weighted by molar-refractivity contribution is -0.115. The number of nitriles is 1. The van der Waals surface area contributed by atoms with Gasteiger partial charge in [-0.25, -0.2) is 4.39 Å². The number of anilines is 1. The van der Waals surface area contributed by atoms with Crippen LogP contribution in [0.25, 0.3) is 0 Å². The summed E-state index contributed by atoms with van der Waals surface area (Å²) < 4.78 is 13.6. The number of nitrogens with zero attached hydrogens (tertiary/aromatic N) is 1. The third-order valence-electron chi connectivity index (χ3n) is 3.04. The van der Waals surface area contributed by atoms with Gasteiger partial charge >= 0.3 is 0 Å². The molecule has 2 rings (SSSR count). The van der Waals surface area contributed by atoms with Crippen molar-refractivity contribution < 1.29 is 9.18 Å². The molecule has 106 valence electrons. The highest BCUT2D eigenvalue weighted by molar-refractivity contribution is 6.31. The second-order valence-corrected chi connectivity index (χ2v) is 4.97. The Bertz CT molecular complexity index is 717. The fourth-order valence-corrected chi connectivity index (χ4v) is 2.11. The molecule has 0 unspecified atom stereocenters. The Kier molecular flexibility index (Phi) is 4.56. The molecule has 2 aromatic carbocycles. The molecule has 0 radical (unpaired) electrons. The molecule has 0 aliphatic carbocycles.